The number of hydrogen-bond donors (Lipinski definition) is 2. The van der Waals surface area contributed by atoms with Crippen LogP contribution in [-0.4, -0.2) is 43.8 Å². The highest BCUT2D eigenvalue weighted by molar-refractivity contribution is 14.0. The molecular weight excluding hydrogens is 405 g/mol. The molecule has 2 heterocycles. The van der Waals surface area contributed by atoms with Gasteiger partial charge in [0.15, 0.2) is 5.96 Å². The van der Waals surface area contributed by atoms with Gasteiger partial charge in [-0.15, -0.1) is 24.0 Å². The molecule has 7 heteroatoms. The molecule has 1 saturated heterocycles. The molecule has 0 unspecified atom stereocenters. The van der Waals surface area contributed by atoms with E-state index in [1.807, 2.05) is 12.3 Å². The van der Waals surface area contributed by atoms with Crippen LogP contribution in [0.25, 0.3) is 0 Å². The van der Waals surface area contributed by atoms with E-state index in [9.17, 15) is 0 Å². The Kier molecular flexibility index (Phi) is 7.35. The molecule has 0 amide bonds. The lowest BCUT2D eigenvalue weighted by atomic mass is 9.85. The quantitative estimate of drug-likeness (QED) is 0.422. The number of nitrogens with two attached hydrogens (primary N) is 1. The molecule has 0 radical (unpaired) electrons. The number of nitrogens with one attached hydrogen (secondary N) is 1. The third-order valence-corrected chi connectivity index (χ3v) is 4.37. The fraction of sp³-hybridized carbons (Fsp3) is 0.625. The molecule has 0 atom stereocenters. The molecule has 0 spiro atoms. The molecule has 128 valence electrons. The van der Waals surface area contributed by atoms with Gasteiger partial charge in [0.25, 0.3) is 0 Å². The van der Waals surface area contributed by atoms with Crippen molar-refractivity contribution in [3.8, 4) is 0 Å². The van der Waals surface area contributed by atoms with Crippen LogP contribution in [0.15, 0.2) is 23.3 Å². The van der Waals surface area contributed by atoms with E-state index in [1.165, 1.54) is 19.3 Å². The summed E-state index contributed by atoms with van der Waals surface area (Å²) in [5, 5.41) is 3.22. The normalized spacial score (nSPS) is 19.0. The van der Waals surface area contributed by atoms with Gasteiger partial charge in [0.2, 0.25) is 0 Å². The van der Waals surface area contributed by atoms with Crippen LogP contribution in [0.4, 0.5) is 5.82 Å². The number of rotatable bonds is 5. The third-order valence-electron chi connectivity index (χ3n) is 4.37. The van der Waals surface area contributed by atoms with E-state index in [1.54, 1.807) is 0 Å². The molecule has 0 aromatic carbocycles. The van der Waals surface area contributed by atoms with Gasteiger partial charge in [-0.3, -0.25) is 0 Å². The highest BCUT2D eigenvalue weighted by Crippen LogP contribution is 2.25. The van der Waals surface area contributed by atoms with Gasteiger partial charge in [0, 0.05) is 25.8 Å². The first-order valence-electron chi connectivity index (χ1n) is 8.12. The van der Waals surface area contributed by atoms with Crippen LogP contribution >= 0.6 is 24.0 Å². The third kappa shape index (κ3) is 5.49. The molecule has 2 aliphatic rings. The summed E-state index contributed by atoms with van der Waals surface area (Å²) in [5.41, 5.74) is 7.06. The molecule has 0 bridgehead atoms. The van der Waals surface area contributed by atoms with Crippen molar-refractivity contribution in [2.75, 3.05) is 37.7 Å². The number of pyridine rings is 1. The SMILES string of the molecule is I.NC(=NCc1ccnc(N2CCOCC2)c1)NCC1CCC1. The van der Waals surface area contributed by atoms with Crippen LogP contribution in [0, 0.1) is 5.92 Å². The van der Waals surface area contributed by atoms with Crippen molar-refractivity contribution < 1.29 is 4.74 Å². The average Bonchev–Trinajstić information content (AvgIpc) is 2.53. The second-order valence-corrected chi connectivity index (χ2v) is 6.00. The maximum absolute atomic E-state index is 5.93. The lowest BCUT2D eigenvalue weighted by Gasteiger charge is -2.28. The van der Waals surface area contributed by atoms with Crippen molar-refractivity contribution in [3.63, 3.8) is 0 Å². The number of aliphatic imine (C=N–C) groups is 1. The molecule has 3 rings (SSSR count). The Bertz CT molecular complexity index is 515. The molecule has 1 aromatic heterocycles. The molecule has 2 fully saturated rings. The fourth-order valence-corrected chi connectivity index (χ4v) is 2.70. The molecule has 23 heavy (non-hydrogen) atoms. The van der Waals surface area contributed by atoms with Gasteiger partial charge in [0.05, 0.1) is 19.8 Å². The van der Waals surface area contributed by atoms with Gasteiger partial charge >= 0.3 is 0 Å². The van der Waals surface area contributed by atoms with Crippen molar-refractivity contribution in [1.82, 2.24) is 10.3 Å². The Morgan fingerprint density at radius 2 is 2.17 bits per heavy atom. The van der Waals surface area contributed by atoms with Gasteiger partial charge in [-0.2, -0.15) is 0 Å². The van der Waals surface area contributed by atoms with Crippen molar-refractivity contribution >= 4 is 35.8 Å². The van der Waals surface area contributed by atoms with E-state index >= 15 is 0 Å². The summed E-state index contributed by atoms with van der Waals surface area (Å²) in [6.07, 6.45) is 5.82. The second-order valence-electron chi connectivity index (χ2n) is 6.00. The number of halogens is 1. The average molecular weight is 431 g/mol. The van der Waals surface area contributed by atoms with Gasteiger partial charge in [-0.25, -0.2) is 9.98 Å². The molecule has 6 nitrogen and oxygen atoms in total. The van der Waals surface area contributed by atoms with E-state index in [-0.39, 0.29) is 24.0 Å². The molecule has 1 aromatic rings. The zero-order valence-electron chi connectivity index (χ0n) is 13.4. The number of morpholine rings is 1. The summed E-state index contributed by atoms with van der Waals surface area (Å²) in [6.45, 7) is 4.86. The summed E-state index contributed by atoms with van der Waals surface area (Å²) < 4.78 is 5.37. The molecule has 1 saturated carbocycles. The van der Waals surface area contributed by atoms with E-state index in [0.29, 0.717) is 12.5 Å². The van der Waals surface area contributed by atoms with Crippen LogP contribution in [0.1, 0.15) is 24.8 Å². The molecule has 3 N–H and O–H groups in total. The van der Waals surface area contributed by atoms with Crippen LogP contribution in [0.3, 0.4) is 0 Å². The van der Waals surface area contributed by atoms with Crippen molar-refractivity contribution in [3.05, 3.63) is 23.9 Å². The summed E-state index contributed by atoms with van der Waals surface area (Å²) in [6, 6.07) is 4.08. The van der Waals surface area contributed by atoms with Crippen molar-refractivity contribution in [2.24, 2.45) is 16.6 Å². The minimum Gasteiger partial charge on any atom is -0.378 e. The molecule has 1 aliphatic heterocycles. The summed E-state index contributed by atoms with van der Waals surface area (Å²) in [5.74, 6) is 2.32. The standard InChI is InChI=1S/C16H25N5O.HI/c17-16(19-11-13-2-1-3-13)20-12-14-4-5-18-15(10-14)21-6-8-22-9-7-21;/h4-5,10,13H,1-3,6-9,11-12H2,(H3,17,19,20);1H. The minimum atomic E-state index is 0. The van der Waals surface area contributed by atoms with Gasteiger partial charge < -0.3 is 20.7 Å². The number of aromatic nitrogens is 1. The van der Waals surface area contributed by atoms with E-state index in [0.717, 1.165) is 50.1 Å². The Labute approximate surface area is 154 Å². The van der Waals surface area contributed by atoms with Crippen molar-refractivity contribution in [2.45, 2.75) is 25.8 Å². The first-order chi connectivity index (χ1) is 10.8. The van der Waals surface area contributed by atoms with E-state index in [2.05, 4.69) is 26.3 Å². The lowest BCUT2D eigenvalue weighted by molar-refractivity contribution is 0.122. The highest BCUT2D eigenvalue weighted by atomic mass is 127. The topological polar surface area (TPSA) is 75.8 Å². The predicted molar refractivity (Wildman–Crippen MR) is 103 cm³/mol. The number of ether oxygens (including phenoxy) is 1. The monoisotopic (exact) mass is 431 g/mol. The number of nitrogens with zero attached hydrogens (tertiary/aromatic N) is 3. The van der Waals surface area contributed by atoms with E-state index in [4.69, 9.17) is 10.5 Å². The first kappa shape index (κ1) is 18.3. The Hall–Kier alpha value is -1.09. The summed E-state index contributed by atoms with van der Waals surface area (Å²) in [4.78, 5) is 11.1. The van der Waals surface area contributed by atoms with Gasteiger partial charge in [-0.05, 0) is 36.5 Å². The van der Waals surface area contributed by atoms with Gasteiger partial charge in [0.1, 0.15) is 5.82 Å². The molecular formula is C16H26IN5O. The van der Waals surface area contributed by atoms with Crippen LogP contribution in [-0.2, 0) is 11.3 Å². The smallest absolute Gasteiger partial charge is 0.188 e. The maximum atomic E-state index is 5.93. The van der Waals surface area contributed by atoms with Gasteiger partial charge in [-0.1, -0.05) is 6.42 Å². The number of guanidine groups is 1. The largest absolute Gasteiger partial charge is 0.378 e. The lowest BCUT2D eigenvalue weighted by Crippen LogP contribution is -2.37. The fourth-order valence-electron chi connectivity index (χ4n) is 2.70. The Balaban J connectivity index is 0.00000192. The zero-order valence-corrected chi connectivity index (χ0v) is 15.7. The zero-order chi connectivity index (χ0) is 15.2. The molecule has 1 aliphatic carbocycles. The van der Waals surface area contributed by atoms with Crippen LogP contribution < -0.4 is 16.0 Å². The van der Waals surface area contributed by atoms with E-state index < -0.39 is 0 Å². The second kappa shape index (κ2) is 9.27. The Morgan fingerprint density at radius 3 is 2.87 bits per heavy atom. The maximum Gasteiger partial charge on any atom is 0.188 e. The number of hydrogen-bond acceptors (Lipinski definition) is 4. The summed E-state index contributed by atoms with van der Waals surface area (Å²) >= 11 is 0. The highest BCUT2D eigenvalue weighted by Gasteiger charge is 2.16. The van der Waals surface area contributed by atoms with Crippen molar-refractivity contribution in [1.29, 1.82) is 0 Å². The minimum absolute atomic E-state index is 0. The summed E-state index contributed by atoms with van der Waals surface area (Å²) in [7, 11) is 0. The predicted octanol–water partition coefficient (Wildman–Crippen LogP) is 1.74. The Morgan fingerprint density at radius 1 is 1.39 bits per heavy atom. The number of anilines is 1. The first-order valence-corrected chi connectivity index (χ1v) is 8.12. The van der Waals surface area contributed by atoms with Crippen LogP contribution in [0.5, 0.6) is 0 Å². The van der Waals surface area contributed by atoms with Crippen LogP contribution in [0.2, 0.25) is 0 Å².